The van der Waals surface area contributed by atoms with Gasteiger partial charge in [0.2, 0.25) is 0 Å². The van der Waals surface area contributed by atoms with Gasteiger partial charge in [0, 0.05) is 0 Å². The van der Waals surface area contributed by atoms with E-state index in [0.29, 0.717) is 0 Å². The van der Waals surface area contributed by atoms with Crippen LogP contribution in [0, 0.1) is 14.1 Å². The monoisotopic (exact) mass is 729 g/mol. The van der Waals surface area contributed by atoms with E-state index in [-0.39, 0.29) is 13.0 Å². The Balaban J connectivity index is 1.84. The van der Waals surface area contributed by atoms with E-state index in [0.717, 1.165) is 19.2 Å². The molecule has 3 aromatic rings. The molecule has 0 fully saturated rings. The van der Waals surface area contributed by atoms with E-state index in [1.165, 1.54) is 9.13 Å². The molecule has 8 heteroatoms. The Kier molecular flexibility index (Phi) is 10.4. The first-order chi connectivity index (χ1) is 17.0. The van der Waals surface area contributed by atoms with Crippen LogP contribution in [0.1, 0.15) is 37.5 Å². The molecule has 3 rings (SSSR count). The van der Waals surface area contributed by atoms with Crippen molar-refractivity contribution in [1.82, 2.24) is 5.32 Å². The van der Waals surface area contributed by atoms with Crippen LogP contribution < -0.4 is 5.32 Å². The van der Waals surface area contributed by atoms with Gasteiger partial charge in [-0.3, -0.25) is 0 Å². The zero-order valence-corrected chi connectivity index (χ0v) is 26.0. The van der Waals surface area contributed by atoms with Gasteiger partial charge in [-0.05, 0) is 0 Å². The Morgan fingerprint density at radius 3 is 2.31 bits per heavy atom. The minimum absolute atomic E-state index is 0.113. The molecule has 36 heavy (non-hydrogen) atoms. The van der Waals surface area contributed by atoms with Crippen molar-refractivity contribution in [3.05, 3.63) is 101 Å². The summed E-state index contributed by atoms with van der Waals surface area (Å²) in [6.45, 7) is 7.60. The van der Waals surface area contributed by atoms with Gasteiger partial charge in [-0.25, -0.2) is 0 Å². The third kappa shape index (κ3) is 8.88. The molecule has 0 saturated carbocycles. The number of ether oxygens (including phenoxy) is 2. The van der Waals surface area contributed by atoms with Crippen LogP contribution in [-0.2, 0) is 27.3 Å². The number of amides is 1. The zero-order valence-electron chi connectivity index (χ0n) is 20.7. The maximum atomic E-state index is 13.1. The van der Waals surface area contributed by atoms with Crippen LogP contribution in [0.4, 0.5) is 4.79 Å². The van der Waals surface area contributed by atoms with Gasteiger partial charge in [-0.1, -0.05) is 0 Å². The molecule has 1 unspecified atom stereocenters. The van der Waals surface area contributed by atoms with Gasteiger partial charge >= 0.3 is 236 Å². The van der Waals surface area contributed by atoms with Gasteiger partial charge in [0.1, 0.15) is 0 Å². The molecule has 0 radical (unpaired) electrons. The molecule has 192 valence electrons. The standard InChI is InChI=1S/C28H30Br2INO4/c1-19-10-14-23(15-11-19)31(30)24-17-22(29)13-12-21(24)16-25(26(33)36-28(2,3)4)32-27(34)35-18-20-8-6-5-7-9-20/h5-15,17,25H,16,18H2,1-4H3,(H,32,34). The number of carbonyl (C=O) groups excluding carboxylic acids is 2. The van der Waals surface area contributed by atoms with Crippen LogP contribution in [0.3, 0.4) is 0 Å². The minimum atomic E-state index is -1.95. The number of benzene rings is 3. The number of hydrogen-bond donors (Lipinski definition) is 1. The van der Waals surface area contributed by atoms with Crippen molar-refractivity contribution in [2.24, 2.45) is 0 Å². The average Bonchev–Trinajstić information content (AvgIpc) is 2.83. The van der Waals surface area contributed by atoms with Crippen molar-refractivity contribution >= 4 is 58.3 Å². The molecule has 0 saturated heterocycles. The van der Waals surface area contributed by atoms with Gasteiger partial charge in [-0.2, -0.15) is 0 Å². The van der Waals surface area contributed by atoms with E-state index < -0.39 is 41.3 Å². The summed E-state index contributed by atoms with van der Waals surface area (Å²) in [6.07, 6.45) is -0.384. The summed E-state index contributed by atoms with van der Waals surface area (Å²) in [7, 11) is 0. The molecular weight excluding hydrogens is 701 g/mol. The first kappa shape index (κ1) is 28.7. The molecule has 1 N–H and O–H groups in total. The fourth-order valence-electron chi connectivity index (χ4n) is 3.30. The Bertz CT molecular complexity index is 1180. The van der Waals surface area contributed by atoms with Crippen LogP contribution in [-0.4, -0.2) is 23.7 Å². The van der Waals surface area contributed by atoms with Gasteiger partial charge in [0.05, 0.1) is 0 Å². The Hall–Kier alpha value is -1.91. The summed E-state index contributed by atoms with van der Waals surface area (Å²) in [5.41, 5.74) is 2.35. The van der Waals surface area contributed by atoms with Crippen molar-refractivity contribution in [3.8, 4) is 0 Å². The van der Waals surface area contributed by atoms with Crippen LogP contribution >= 0.6 is 46.2 Å². The second-order valence-electron chi connectivity index (χ2n) is 9.26. The fourth-order valence-corrected chi connectivity index (χ4v) is 10.6. The summed E-state index contributed by atoms with van der Waals surface area (Å²) in [6, 6.07) is 23.0. The zero-order chi connectivity index (χ0) is 26.3. The molecule has 0 bridgehead atoms. The Morgan fingerprint density at radius 1 is 1.00 bits per heavy atom. The van der Waals surface area contributed by atoms with Crippen molar-refractivity contribution in [2.75, 3.05) is 0 Å². The fraction of sp³-hybridized carbons (Fsp3) is 0.286. The molecule has 0 aliphatic carbocycles. The van der Waals surface area contributed by atoms with Crippen LogP contribution in [0.15, 0.2) is 77.3 Å². The first-order valence-corrected chi connectivity index (χ1v) is 19.2. The average molecular weight is 731 g/mol. The summed E-state index contributed by atoms with van der Waals surface area (Å²) in [4.78, 5) is 25.8. The molecule has 0 spiro atoms. The van der Waals surface area contributed by atoms with Crippen molar-refractivity contribution in [2.45, 2.75) is 52.4 Å². The third-order valence-corrected chi connectivity index (χ3v) is 13.8. The van der Waals surface area contributed by atoms with Crippen molar-refractivity contribution in [3.63, 3.8) is 0 Å². The number of carbonyl (C=O) groups is 2. The van der Waals surface area contributed by atoms with E-state index in [2.05, 4.69) is 71.2 Å². The van der Waals surface area contributed by atoms with Crippen molar-refractivity contribution in [1.29, 1.82) is 0 Å². The van der Waals surface area contributed by atoms with E-state index in [4.69, 9.17) is 9.47 Å². The van der Waals surface area contributed by atoms with Crippen molar-refractivity contribution < 1.29 is 19.1 Å². The molecular formula is C28H30Br2INO4. The maximum absolute atomic E-state index is 13.1. The molecule has 0 aromatic heterocycles. The molecule has 5 nitrogen and oxygen atoms in total. The Morgan fingerprint density at radius 2 is 1.67 bits per heavy atom. The van der Waals surface area contributed by atoms with Gasteiger partial charge < -0.3 is 0 Å². The number of nitrogens with one attached hydrogen (secondary N) is 1. The first-order valence-electron chi connectivity index (χ1n) is 11.4. The summed E-state index contributed by atoms with van der Waals surface area (Å²) in [5.74, 6) is -0.502. The van der Waals surface area contributed by atoms with Gasteiger partial charge in [-0.15, -0.1) is 0 Å². The summed E-state index contributed by atoms with van der Waals surface area (Å²) in [5, 5.41) is 2.74. The molecule has 0 heterocycles. The van der Waals surface area contributed by atoms with Gasteiger partial charge in [0.15, 0.2) is 0 Å². The molecule has 3 aromatic carbocycles. The Labute approximate surface area is 234 Å². The normalized spacial score (nSPS) is 12.4. The van der Waals surface area contributed by atoms with E-state index in [1.807, 2.05) is 42.5 Å². The quantitative estimate of drug-likeness (QED) is 0.190. The second-order valence-corrected chi connectivity index (χ2v) is 18.0. The van der Waals surface area contributed by atoms with E-state index >= 15 is 0 Å². The second kappa shape index (κ2) is 13.1. The summed E-state index contributed by atoms with van der Waals surface area (Å²) >= 11 is 5.63. The van der Waals surface area contributed by atoms with E-state index in [9.17, 15) is 9.59 Å². The summed E-state index contributed by atoms with van der Waals surface area (Å²) < 4.78 is 14.4. The molecule has 1 atom stereocenters. The van der Waals surface area contributed by atoms with Gasteiger partial charge in [0.25, 0.3) is 0 Å². The predicted molar refractivity (Wildman–Crippen MR) is 159 cm³/mol. The predicted octanol–water partition coefficient (Wildman–Crippen LogP) is 7.79. The molecule has 0 aliphatic heterocycles. The molecule has 1 amide bonds. The SMILES string of the molecule is Cc1ccc(I(Br)c2cc(Br)ccc2CC(NC(=O)OCc2ccccc2)C(=O)OC(C)(C)C)cc1. The third-order valence-electron chi connectivity index (χ3n) is 5.02. The number of rotatable bonds is 8. The van der Waals surface area contributed by atoms with Crippen LogP contribution in [0.5, 0.6) is 0 Å². The number of alkyl carbamates (subject to hydrolysis) is 1. The number of hydrogen-bond acceptors (Lipinski definition) is 4. The number of aryl methyl sites for hydroxylation is 1. The van der Waals surface area contributed by atoms with Crippen LogP contribution in [0.2, 0.25) is 0 Å². The topological polar surface area (TPSA) is 64.6 Å². The number of esters is 1. The number of halogens is 3. The van der Waals surface area contributed by atoms with E-state index in [1.54, 1.807) is 20.8 Å². The van der Waals surface area contributed by atoms with Crippen LogP contribution in [0.25, 0.3) is 0 Å². The molecule has 0 aliphatic rings.